The molecular weight excluding hydrogens is 494 g/mol. The Balaban J connectivity index is 1.40. The quantitative estimate of drug-likeness (QED) is 0.424. The van der Waals surface area contributed by atoms with Crippen molar-refractivity contribution in [3.63, 3.8) is 0 Å². The lowest BCUT2D eigenvalue weighted by Gasteiger charge is -2.31. The van der Waals surface area contributed by atoms with Crippen LogP contribution in [0.1, 0.15) is 43.0 Å². The largest absolute Gasteiger partial charge is 0.445 e. The van der Waals surface area contributed by atoms with Crippen molar-refractivity contribution in [3.8, 4) is 0 Å². The minimum absolute atomic E-state index is 0.109. The van der Waals surface area contributed by atoms with Gasteiger partial charge in [0.2, 0.25) is 5.91 Å². The molecule has 1 aliphatic rings. The van der Waals surface area contributed by atoms with Crippen molar-refractivity contribution in [1.82, 2.24) is 10.2 Å². The van der Waals surface area contributed by atoms with Crippen molar-refractivity contribution in [2.45, 2.75) is 58.4 Å². The van der Waals surface area contributed by atoms with E-state index in [4.69, 9.17) is 9.47 Å². The Kier molecular flexibility index (Phi) is 8.86. The Morgan fingerprint density at radius 2 is 1.56 bits per heavy atom. The Morgan fingerprint density at radius 3 is 2.23 bits per heavy atom. The first-order chi connectivity index (χ1) is 18.7. The van der Waals surface area contributed by atoms with Gasteiger partial charge in [0, 0.05) is 25.2 Å². The molecule has 204 valence electrons. The van der Waals surface area contributed by atoms with Gasteiger partial charge in [0.25, 0.3) is 0 Å². The third-order valence-electron chi connectivity index (χ3n) is 6.24. The summed E-state index contributed by atoms with van der Waals surface area (Å²) < 4.78 is 10.9. The number of hydrogen-bond donors (Lipinski definition) is 2. The normalized spacial score (nSPS) is 13.6. The van der Waals surface area contributed by atoms with Crippen LogP contribution in [0.4, 0.5) is 15.3 Å². The number of fused-ring (bicyclic) bond motifs is 1. The SMILES string of the molecule is CC(C)(C)OC(=O)N1CCc2cc(NC(=O)[C@H](Cc3ccccc3)NC(=O)OCc3ccccc3)ccc2C1. The van der Waals surface area contributed by atoms with Gasteiger partial charge in [-0.1, -0.05) is 66.7 Å². The van der Waals surface area contributed by atoms with Crippen LogP contribution >= 0.6 is 0 Å². The number of hydrogen-bond acceptors (Lipinski definition) is 5. The summed E-state index contributed by atoms with van der Waals surface area (Å²) in [4.78, 5) is 40.1. The molecule has 1 heterocycles. The number of rotatable bonds is 7. The molecule has 3 amide bonds. The first-order valence-corrected chi connectivity index (χ1v) is 13.1. The van der Waals surface area contributed by atoms with E-state index < -0.39 is 17.7 Å². The van der Waals surface area contributed by atoms with Crippen molar-refractivity contribution < 1.29 is 23.9 Å². The molecule has 3 aromatic rings. The molecule has 8 heteroatoms. The molecule has 3 aromatic carbocycles. The lowest BCUT2D eigenvalue weighted by atomic mass is 9.99. The molecule has 0 saturated heterocycles. The Labute approximate surface area is 229 Å². The molecule has 1 atom stereocenters. The van der Waals surface area contributed by atoms with Gasteiger partial charge in [0.1, 0.15) is 18.2 Å². The smallest absolute Gasteiger partial charge is 0.410 e. The average molecular weight is 530 g/mol. The lowest BCUT2D eigenvalue weighted by molar-refractivity contribution is -0.118. The van der Waals surface area contributed by atoms with E-state index in [9.17, 15) is 14.4 Å². The van der Waals surface area contributed by atoms with Gasteiger partial charge in [-0.2, -0.15) is 0 Å². The fourth-order valence-electron chi connectivity index (χ4n) is 4.31. The van der Waals surface area contributed by atoms with E-state index in [1.54, 1.807) is 4.90 Å². The third-order valence-corrected chi connectivity index (χ3v) is 6.24. The molecule has 0 spiro atoms. The maximum Gasteiger partial charge on any atom is 0.410 e. The highest BCUT2D eigenvalue weighted by Gasteiger charge is 2.27. The van der Waals surface area contributed by atoms with Gasteiger partial charge in [0.15, 0.2) is 0 Å². The summed E-state index contributed by atoms with van der Waals surface area (Å²) in [5, 5.41) is 5.67. The number of amides is 3. The second-order valence-electron chi connectivity index (χ2n) is 10.6. The van der Waals surface area contributed by atoms with E-state index >= 15 is 0 Å². The summed E-state index contributed by atoms with van der Waals surface area (Å²) in [6.07, 6.45) is -0.0410. The number of ether oxygens (including phenoxy) is 2. The average Bonchev–Trinajstić information content (AvgIpc) is 2.91. The molecular formula is C31H35N3O5. The first-order valence-electron chi connectivity index (χ1n) is 13.1. The zero-order chi connectivity index (χ0) is 27.8. The molecule has 0 aliphatic carbocycles. The van der Waals surface area contributed by atoms with Gasteiger partial charge < -0.3 is 25.0 Å². The van der Waals surface area contributed by atoms with Crippen LogP contribution in [0.15, 0.2) is 78.9 Å². The van der Waals surface area contributed by atoms with Crippen LogP contribution in [-0.2, 0) is 40.3 Å². The van der Waals surface area contributed by atoms with Crippen molar-refractivity contribution >= 4 is 23.8 Å². The van der Waals surface area contributed by atoms with E-state index in [-0.39, 0.29) is 18.6 Å². The number of alkyl carbamates (subject to hydrolysis) is 1. The molecule has 0 radical (unpaired) electrons. The predicted molar refractivity (Wildman–Crippen MR) is 149 cm³/mol. The molecule has 0 unspecified atom stereocenters. The highest BCUT2D eigenvalue weighted by atomic mass is 16.6. The second-order valence-corrected chi connectivity index (χ2v) is 10.6. The maximum absolute atomic E-state index is 13.3. The number of carbonyl (C=O) groups excluding carboxylic acids is 3. The van der Waals surface area contributed by atoms with E-state index in [0.29, 0.717) is 31.6 Å². The molecule has 1 aliphatic heterocycles. The van der Waals surface area contributed by atoms with Crippen molar-refractivity contribution in [1.29, 1.82) is 0 Å². The Bertz CT molecular complexity index is 1290. The van der Waals surface area contributed by atoms with Gasteiger partial charge in [-0.25, -0.2) is 9.59 Å². The molecule has 0 saturated carbocycles. The molecule has 4 rings (SSSR count). The summed E-state index contributed by atoms with van der Waals surface area (Å²) >= 11 is 0. The lowest BCUT2D eigenvalue weighted by Crippen LogP contribution is -2.45. The molecule has 39 heavy (non-hydrogen) atoms. The van der Waals surface area contributed by atoms with Crippen LogP contribution in [0.25, 0.3) is 0 Å². The fraction of sp³-hybridized carbons (Fsp3) is 0.323. The van der Waals surface area contributed by atoms with E-state index in [1.807, 2.05) is 99.6 Å². The molecule has 0 aromatic heterocycles. The number of nitrogens with zero attached hydrogens (tertiary/aromatic N) is 1. The van der Waals surface area contributed by atoms with Crippen LogP contribution in [0.2, 0.25) is 0 Å². The minimum atomic E-state index is -0.839. The maximum atomic E-state index is 13.3. The van der Waals surface area contributed by atoms with Crippen molar-refractivity contribution in [2.75, 3.05) is 11.9 Å². The van der Waals surface area contributed by atoms with Gasteiger partial charge >= 0.3 is 12.2 Å². The first kappa shape index (κ1) is 27.7. The standard InChI is InChI=1S/C31H35N3O5/c1-31(2,3)39-30(37)34-17-16-24-19-26(15-14-25(24)20-34)32-28(35)27(18-22-10-6-4-7-11-22)33-29(36)38-21-23-12-8-5-9-13-23/h4-15,19,27H,16-18,20-21H2,1-3H3,(H,32,35)(H,33,36)/t27-/m0/s1. The molecule has 0 fully saturated rings. The number of benzene rings is 3. The summed E-state index contributed by atoms with van der Waals surface area (Å²) in [5.41, 5.74) is 3.91. The van der Waals surface area contributed by atoms with Crippen LogP contribution in [0, 0.1) is 0 Å². The van der Waals surface area contributed by atoms with Crippen molar-refractivity contribution in [2.24, 2.45) is 0 Å². The zero-order valence-corrected chi connectivity index (χ0v) is 22.6. The summed E-state index contributed by atoms with van der Waals surface area (Å²) in [7, 11) is 0. The van der Waals surface area contributed by atoms with Crippen LogP contribution < -0.4 is 10.6 Å². The van der Waals surface area contributed by atoms with Crippen LogP contribution in [-0.4, -0.2) is 41.2 Å². The number of carbonyl (C=O) groups is 3. The number of nitrogens with one attached hydrogen (secondary N) is 2. The van der Waals surface area contributed by atoms with Gasteiger partial charge in [0.05, 0.1) is 0 Å². The van der Waals surface area contributed by atoms with Crippen LogP contribution in [0.5, 0.6) is 0 Å². The minimum Gasteiger partial charge on any atom is -0.445 e. The van der Waals surface area contributed by atoms with E-state index in [2.05, 4.69) is 10.6 Å². The van der Waals surface area contributed by atoms with Gasteiger partial charge in [-0.05, 0) is 61.6 Å². The fourth-order valence-corrected chi connectivity index (χ4v) is 4.31. The van der Waals surface area contributed by atoms with E-state index in [0.717, 1.165) is 22.3 Å². The molecule has 0 bridgehead atoms. The predicted octanol–water partition coefficient (Wildman–Crippen LogP) is 5.46. The second kappa shape index (κ2) is 12.5. The molecule has 2 N–H and O–H groups in total. The van der Waals surface area contributed by atoms with Crippen LogP contribution in [0.3, 0.4) is 0 Å². The Morgan fingerprint density at radius 1 is 0.897 bits per heavy atom. The highest BCUT2D eigenvalue weighted by Crippen LogP contribution is 2.24. The van der Waals surface area contributed by atoms with Gasteiger partial charge in [-0.15, -0.1) is 0 Å². The number of anilines is 1. The molecule has 8 nitrogen and oxygen atoms in total. The summed E-state index contributed by atoms with van der Waals surface area (Å²) in [5.74, 6) is -0.346. The van der Waals surface area contributed by atoms with Crippen molar-refractivity contribution in [3.05, 3.63) is 101 Å². The monoisotopic (exact) mass is 529 g/mol. The summed E-state index contributed by atoms with van der Waals surface area (Å²) in [6, 6.07) is 23.7. The van der Waals surface area contributed by atoms with Gasteiger partial charge in [-0.3, -0.25) is 4.79 Å². The topological polar surface area (TPSA) is 97.0 Å². The zero-order valence-electron chi connectivity index (χ0n) is 22.6. The highest BCUT2D eigenvalue weighted by molar-refractivity contribution is 5.96. The summed E-state index contributed by atoms with van der Waals surface area (Å²) in [6.45, 7) is 6.63. The third kappa shape index (κ3) is 8.33. The Hall–Kier alpha value is -4.33. The van der Waals surface area contributed by atoms with E-state index in [1.165, 1.54) is 0 Å².